The van der Waals surface area contributed by atoms with Gasteiger partial charge in [0.25, 0.3) is 0 Å². The van der Waals surface area contributed by atoms with Gasteiger partial charge in [0, 0.05) is 69.3 Å². The third kappa shape index (κ3) is 13.1. The Hall–Kier alpha value is 3.13. The molecule has 81 heavy (non-hydrogen) atoms. The summed E-state index contributed by atoms with van der Waals surface area (Å²) in [4.78, 5) is 36.2. The molecule has 12 aliphatic rings. The zero-order valence-corrected chi connectivity index (χ0v) is 67.1. The van der Waals surface area contributed by atoms with Crippen LogP contribution in [0.5, 0.6) is 0 Å². The molecule has 0 amide bonds. The number of ketones is 3. The van der Waals surface area contributed by atoms with Crippen molar-refractivity contribution in [2.45, 2.75) is 264 Å². The van der Waals surface area contributed by atoms with Crippen molar-refractivity contribution in [3.05, 3.63) is 12.2 Å². The normalized spacial score (nSPS) is 49.9. The molecule has 0 aliphatic heterocycles. The van der Waals surface area contributed by atoms with E-state index in [1.807, 2.05) is 6.08 Å². The van der Waals surface area contributed by atoms with Gasteiger partial charge in [0.15, 0.2) is 5.78 Å². The second-order valence-corrected chi connectivity index (χ2v) is 49.1. The number of hydrogen-bond donors (Lipinski definition) is 0. The second kappa shape index (κ2) is 29.0. The van der Waals surface area contributed by atoms with E-state index in [1.54, 1.807) is 0 Å². The quantitative estimate of drug-likeness (QED) is 0.249. The Kier molecular flexibility index (Phi) is 25.6. The average molecular weight is 1790 g/mol. The van der Waals surface area contributed by atoms with Gasteiger partial charge in [0.05, 0.1) is 0 Å². The summed E-state index contributed by atoms with van der Waals surface area (Å²) in [5.41, 5.74) is 2.96. The minimum atomic E-state index is 0. The molecule has 11 fully saturated rings. The number of hydrogen-bond acceptors (Lipinski definition) is 3. The van der Waals surface area contributed by atoms with Gasteiger partial charge < -0.3 is 0 Å². The molecule has 0 aromatic carbocycles. The van der Waals surface area contributed by atoms with E-state index in [1.165, 1.54) is 128 Å². The molecular formula is C72H119I6O3-. The van der Waals surface area contributed by atoms with E-state index in [-0.39, 0.29) is 29.4 Å². The molecule has 12 rings (SSSR count). The SMILES string of the molecule is CCC(C)C1CCC2C3C(CC[C@]12C)[C@@]1(C)C=CC(=O)C[C@@H]1C[C@H]3C.CCC(C)C1CCC2C3C(CC[C@]12C)[C@@]1(C)CCC(=O)C[C@@H]1C[C@H]3C.CCC(C)C1CCC2C3C(CC[C@]12C)[C@@]1(C)CCC(=O)C[C@@H]1C[C@H]3C.I.II.I[I-]I. The van der Waals surface area contributed by atoms with Crippen molar-refractivity contribution in [3.63, 3.8) is 0 Å². The number of Topliss-reactive ketones (excluding diaryl/α,β-unsaturated/α-hetero) is 2. The van der Waals surface area contributed by atoms with E-state index in [2.05, 4.69) is 184 Å². The van der Waals surface area contributed by atoms with Gasteiger partial charge in [-0.3, -0.25) is 14.4 Å². The van der Waals surface area contributed by atoms with E-state index in [4.69, 9.17) is 0 Å². The van der Waals surface area contributed by atoms with Crippen LogP contribution in [-0.2, 0) is 14.4 Å². The molecule has 15 unspecified atom stereocenters. The van der Waals surface area contributed by atoms with Crippen LogP contribution in [0.1, 0.15) is 264 Å². The summed E-state index contributed by atoms with van der Waals surface area (Å²) >= 11 is 9.54. The molecule has 0 bridgehead atoms. The zero-order chi connectivity index (χ0) is 58.7. The van der Waals surface area contributed by atoms with Gasteiger partial charge in [-0.05, 0) is 272 Å². The molecule has 0 saturated heterocycles. The molecule has 3 nitrogen and oxygen atoms in total. The van der Waals surface area contributed by atoms with Crippen LogP contribution in [-0.4, -0.2) is 17.3 Å². The van der Waals surface area contributed by atoms with Gasteiger partial charge in [0.2, 0.25) is 0 Å². The van der Waals surface area contributed by atoms with E-state index in [0.29, 0.717) is 75.4 Å². The van der Waals surface area contributed by atoms with Gasteiger partial charge in [-0.2, -0.15) is 0 Å². The predicted octanol–water partition coefficient (Wildman–Crippen LogP) is 20.5. The maximum absolute atomic E-state index is 12.1. The Labute approximate surface area is 569 Å². The van der Waals surface area contributed by atoms with Gasteiger partial charge in [-0.25, -0.2) is 0 Å². The molecule has 0 N–H and O–H groups in total. The molecule has 0 aromatic heterocycles. The fourth-order valence-corrected chi connectivity index (χ4v) is 25.7. The summed E-state index contributed by atoms with van der Waals surface area (Å²) in [6, 6.07) is 0. The van der Waals surface area contributed by atoms with E-state index in [9.17, 15) is 14.4 Å². The molecule has 0 radical (unpaired) electrons. The molecule has 0 aromatic rings. The Morgan fingerprint density at radius 1 is 0.469 bits per heavy atom. The van der Waals surface area contributed by atoms with Crippen LogP contribution in [0.3, 0.4) is 0 Å². The fourth-order valence-electron chi connectivity index (χ4n) is 25.7. The minimum absolute atomic E-state index is 0. The Bertz CT molecular complexity index is 2070. The van der Waals surface area contributed by atoms with Crippen molar-refractivity contribution in [1.29, 1.82) is 0 Å². The standard InChI is InChI=1S/2C24H40O.C24H38O.I3.I2.HI/c3*1-6-15(2)19-7-8-20-22-16(3)13-17-14-18(25)9-11-23(17,4)21(22)10-12-24(19,20)5;1-3-2;1-2;/h2*15-17,19-22H,6-14H2,1-5H3;9,11,15-17,19-22H,6-8,10,12-14H2,1-5H3;;;1H/q;;;-1;;/t3*15?,16-,17+,19?,20?,21?,22?,23+,24-;;;/m111.../s1. The first-order valence-electron chi connectivity index (χ1n) is 34.1. The predicted molar refractivity (Wildman–Crippen MR) is 384 cm³/mol. The maximum atomic E-state index is 12.1. The number of carbonyl (C=O) groups excluding carboxylic acids is 3. The summed E-state index contributed by atoms with van der Waals surface area (Å²) in [6.45, 7) is 37.9. The molecule has 27 atom stereocenters. The van der Waals surface area contributed by atoms with Crippen molar-refractivity contribution >= 4 is 116 Å². The van der Waals surface area contributed by atoms with Crippen molar-refractivity contribution in [1.82, 2.24) is 0 Å². The monoisotopic (exact) mass is 1790 g/mol. The molecule has 11 saturated carbocycles. The number of halogens is 6. The zero-order valence-electron chi connectivity index (χ0n) is 54.0. The number of allylic oxidation sites excluding steroid dienone is 2. The van der Waals surface area contributed by atoms with E-state index in [0.717, 1.165) is 139 Å². The molecule has 0 heterocycles. The molecular weight excluding hydrogens is 1670 g/mol. The molecule has 12 aliphatic carbocycles. The summed E-state index contributed by atoms with van der Waals surface area (Å²) in [7, 11) is 0. The van der Waals surface area contributed by atoms with Crippen LogP contribution >= 0.6 is 98.4 Å². The Balaban J connectivity index is 0.000000167. The number of fused-ring (bicyclic) bond motifs is 15. The van der Waals surface area contributed by atoms with Gasteiger partial charge >= 0.3 is 50.5 Å². The van der Waals surface area contributed by atoms with Crippen molar-refractivity contribution in [3.8, 4) is 0 Å². The first-order chi connectivity index (χ1) is 37.8. The van der Waals surface area contributed by atoms with Crippen LogP contribution in [0.2, 0.25) is 0 Å². The molecule has 0 spiro atoms. The summed E-state index contributed by atoms with van der Waals surface area (Å²) in [5.74, 6) is 19.5. The van der Waals surface area contributed by atoms with Crippen molar-refractivity contribution < 1.29 is 27.6 Å². The van der Waals surface area contributed by atoms with Gasteiger partial charge in [0.1, 0.15) is 11.6 Å². The average Bonchev–Trinajstić information content (AvgIpc) is 4.15. The van der Waals surface area contributed by atoms with Gasteiger partial charge in [-0.15, -0.1) is 24.0 Å². The second-order valence-electron chi connectivity index (χ2n) is 32.9. The number of rotatable bonds is 6. The van der Waals surface area contributed by atoms with Crippen LogP contribution in [0.4, 0.5) is 0 Å². The van der Waals surface area contributed by atoms with E-state index >= 15 is 0 Å². The Morgan fingerprint density at radius 3 is 1.12 bits per heavy atom. The van der Waals surface area contributed by atoms with Crippen molar-refractivity contribution in [2.24, 2.45) is 157 Å². The van der Waals surface area contributed by atoms with Crippen LogP contribution in [0, 0.1) is 157 Å². The van der Waals surface area contributed by atoms with Crippen LogP contribution < -0.4 is 13.3 Å². The van der Waals surface area contributed by atoms with Gasteiger partial charge in [-0.1, -0.05) is 129 Å². The third-order valence-corrected chi connectivity index (χ3v) is 30.3. The Morgan fingerprint density at radius 2 is 0.778 bits per heavy atom. The topological polar surface area (TPSA) is 51.2 Å². The van der Waals surface area contributed by atoms with Crippen molar-refractivity contribution in [2.75, 3.05) is 0 Å². The molecule has 9 heteroatoms. The van der Waals surface area contributed by atoms with Crippen LogP contribution in [0.25, 0.3) is 0 Å². The first kappa shape index (κ1) is 71.6. The summed E-state index contributed by atoms with van der Waals surface area (Å²) in [6.07, 6.45) is 36.3. The van der Waals surface area contributed by atoms with E-state index < -0.39 is 0 Å². The number of carbonyl (C=O) groups is 3. The third-order valence-electron chi connectivity index (χ3n) is 30.3. The molecule has 468 valence electrons. The summed E-state index contributed by atoms with van der Waals surface area (Å²) < 4.78 is 0. The van der Waals surface area contributed by atoms with Crippen LogP contribution in [0.15, 0.2) is 12.2 Å². The summed E-state index contributed by atoms with van der Waals surface area (Å²) in [5, 5.41) is 0. The fraction of sp³-hybridized carbons (Fsp3) is 0.931. The first-order valence-corrected chi connectivity index (χ1v) is 53.0.